The summed E-state index contributed by atoms with van der Waals surface area (Å²) in [5.41, 5.74) is 14.3. The molecule has 9 heteroatoms. The highest BCUT2D eigenvalue weighted by Gasteiger charge is 2.37. The fraction of sp³-hybridized carbons (Fsp3) is 0.127. The fourth-order valence-electron chi connectivity index (χ4n) is 11.3. The van der Waals surface area contributed by atoms with Gasteiger partial charge >= 0.3 is 12.4 Å². The lowest BCUT2D eigenvalue weighted by Crippen LogP contribution is -2.11. The molecule has 2 heterocycles. The third-order valence-electron chi connectivity index (χ3n) is 14.1. The minimum atomic E-state index is -5.06. The van der Waals surface area contributed by atoms with Gasteiger partial charge in [0.05, 0.1) is 50.5 Å². The third-order valence-corrected chi connectivity index (χ3v) is 14.1. The number of halogens is 6. The molecular formula is C63H45F6N3. The predicted molar refractivity (Wildman–Crippen MR) is 280 cm³/mol. The van der Waals surface area contributed by atoms with Crippen LogP contribution >= 0.6 is 0 Å². The Labute approximate surface area is 412 Å². The number of nitrogens with zero attached hydrogens (tertiary/aromatic N) is 3. The van der Waals surface area contributed by atoms with E-state index in [0.29, 0.717) is 22.5 Å². The van der Waals surface area contributed by atoms with E-state index in [1.807, 2.05) is 54.6 Å². The molecule has 0 fully saturated rings. The maximum Gasteiger partial charge on any atom is 0.416 e. The molecule has 9 aromatic carbocycles. The topological polar surface area (TPSA) is 33.6 Å². The van der Waals surface area contributed by atoms with Gasteiger partial charge in [-0.2, -0.15) is 31.6 Å². The van der Waals surface area contributed by atoms with Crippen LogP contribution in [0.5, 0.6) is 0 Å². The number of hydrogen-bond acceptors (Lipinski definition) is 1. The molecule has 2 aromatic heterocycles. The molecule has 11 rings (SSSR count). The van der Waals surface area contributed by atoms with Crippen molar-refractivity contribution in [2.45, 2.75) is 53.9 Å². The average Bonchev–Trinajstić information content (AvgIpc) is 3.84. The van der Waals surface area contributed by atoms with Gasteiger partial charge in [-0.15, -0.1) is 0 Å². The van der Waals surface area contributed by atoms with Crippen LogP contribution in [-0.2, 0) is 12.4 Å². The van der Waals surface area contributed by atoms with Crippen LogP contribution in [0.15, 0.2) is 164 Å². The highest BCUT2D eigenvalue weighted by Crippen LogP contribution is 2.45. The first-order valence-electron chi connectivity index (χ1n) is 23.6. The number of aromatic nitrogens is 2. The maximum absolute atomic E-state index is 14.4. The first kappa shape index (κ1) is 46.1. The molecule has 0 amide bonds. The van der Waals surface area contributed by atoms with Crippen LogP contribution in [0.25, 0.3) is 99.5 Å². The van der Waals surface area contributed by atoms with Gasteiger partial charge in [-0.1, -0.05) is 90.0 Å². The molecule has 0 aliphatic heterocycles. The minimum Gasteiger partial charge on any atom is -0.309 e. The SMILES string of the molecule is Cc1cc(C)c(-c2ccc3c(c2)c2ccccc2n3-c2ccc(C#N)c(-c3cc(-c4cc(C(F)(F)F)cc(C(F)(F)F)c4)ccc3-n3c4ccccc4c4cc(-c5c(C)cc(C)cc5C)ccc43)c2)c(C)c1. The van der Waals surface area contributed by atoms with Crippen molar-refractivity contribution in [1.29, 1.82) is 5.26 Å². The summed E-state index contributed by atoms with van der Waals surface area (Å²) in [4.78, 5) is 0. The smallest absolute Gasteiger partial charge is 0.309 e. The Morgan fingerprint density at radius 1 is 0.389 bits per heavy atom. The number of fused-ring (bicyclic) bond motifs is 6. The lowest BCUT2D eigenvalue weighted by molar-refractivity contribution is -0.143. The van der Waals surface area contributed by atoms with E-state index in [4.69, 9.17) is 0 Å². The second-order valence-corrected chi connectivity index (χ2v) is 19.1. The van der Waals surface area contributed by atoms with Crippen molar-refractivity contribution in [3.8, 4) is 62.0 Å². The Hall–Kier alpha value is -8.35. The van der Waals surface area contributed by atoms with Crippen molar-refractivity contribution in [3.63, 3.8) is 0 Å². The van der Waals surface area contributed by atoms with Crippen molar-refractivity contribution >= 4 is 43.6 Å². The number of para-hydroxylation sites is 2. The molecule has 0 N–H and O–H groups in total. The molecule has 3 nitrogen and oxygen atoms in total. The largest absolute Gasteiger partial charge is 0.416 e. The summed E-state index contributed by atoms with van der Waals surface area (Å²) < 4.78 is 90.5. The van der Waals surface area contributed by atoms with Crippen molar-refractivity contribution in [2.75, 3.05) is 0 Å². The summed E-state index contributed by atoms with van der Waals surface area (Å²) in [5.74, 6) is 0. The number of alkyl halides is 6. The summed E-state index contributed by atoms with van der Waals surface area (Å²) in [6.07, 6.45) is -10.1. The molecule has 0 unspecified atom stereocenters. The van der Waals surface area contributed by atoms with E-state index in [1.165, 1.54) is 22.3 Å². The Kier molecular flexibility index (Phi) is 10.8. The van der Waals surface area contributed by atoms with Crippen molar-refractivity contribution < 1.29 is 26.3 Å². The maximum atomic E-state index is 14.4. The molecule has 72 heavy (non-hydrogen) atoms. The van der Waals surface area contributed by atoms with Crippen molar-refractivity contribution in [1.82, 2.24) is 9.13 Å². The third kappa shape index (κ3) is 7.70. The number of benzene rings is 9. The first-order valence-corrected chi connectivity index (χ1v) is 23.6. The van der Waals surface area contributed by atoms with Gasteiger partial charge in [-0.05, 0) is 182 Å². The van der Waals surface area contributed by atoms with Gasteiger partial charge in [0.1, 0.15) is 0 Å². The van der Waals surface area contributed by atoms with Crippen LogP contribution < -0.4 is 0 Å². The van der Waals surface area contributed by atoms with Crippen LogP contribution in [0, 0.1) is 52.9 Å². The van der Waals surface area contributed by atoms with E-state index in [0.717, 1.165) is 89.1 Å². The molecule has 0 saturated heterocycles. The minimum absolute atomic E-state index is 0.110. The molecule has 11 aromatic rings. The highest BCUT2D eigenvalue weighted by molar-refractivity contribution is 6.12. The second kappa shape index (κ2) is 16.9. The molecule has 354 valence electrons. The number of hydrogen-bond donors (Lipinski definition) is 0. The zero-order chi connectivity index (χ0) is 50.5. The predicted octanol–water partition coefficient (Wildman–Crippen LogP) is 18.3. The Balaban J connectivity index is 1.19. The lowest BCUT2D eigenvalue weighted by Gasteiger charge is -2.19. The van der Waals surface area contributed by atoms with Gasteiger partial charge in [-0.25, -0.2) is 0 Å². The lowest BCUT2D eigenvalue weighted by atomic mass is 9.92. The van der Waals surface area contributed by atoms with E-state index >= 15 is 0 Å². The molecule has 0 saturated carbocycles. The summed E-state index contributed by atoms with van der Waals surface area (Å²) >= 11 is 0. The van der Waals surface area contributed by atoms with Gasteiger partial charge in [0, 0.05) is 38.4 Å². The standard InChI is InChI=1S/C63H45F6N3/c1-35-23-37(3)60(38(4)24-35)42-17-21-57-52(30-42)49-11-7-9-13-55(49)71(57)48-19-15-44(34-70)51(33-48)54-29-41(45-27-46(62(64,65)66)32-47(28-45)63(67,68)69)16-20-59(54)72-56-14-10-8-12-50(56)53-31-43(18-22-58(53)72)61-39(5)25-36(2)26-40(61)6/h7-33H,1-6H3. The van der Waals surface area contributed by atoms with Crippen LogP contribution in [-0.4, -0.2) is 9.13 Å². The quantitative estimate of drug-likeness (QED) is 0.153. The van der Waals surface area contributed by atoms with E-state index in [1.54, 1.807) is 24.3 Å². The molecule has 0 atom stereocenters. The average molecular weight is 958 g/mol. The fourth-order valence-corrected chi connectivity index (χ4v) is 11.3. The van der Waals surface area contributed by atoms with Crippen molar-refractivity contribution in [3.05, 3.63) is 214 Å². The molecule has 0 bridgehead atoms. The highest BCUT2D eigenvalue weighted by atomic mass is 19.4. The van der Waals surface area contributed by atoms with Gasteiger partial charge in [0.2, 0.25) is 0 Å². The van der Waals surface area contributed by atoms with Crippen LogP contribution in [0.2, 0.25) is 0 Å². The molecular weight excluding hydrogens is 913 g/mol. The van der Waals surface area contributed by atoms with E-state index in [-0.39, 0.29) is 22.8 Å². The Morgan fingerprint density at radius 3 is 1.35 bits per heavy atom. The summed E-state index contributed by atoms with van der Waals surface area (Å²) in [7, 11) is 0. The van der Waals surface area contributed by atoms with Gasteiger partial charge in [0.15, 0.2) is 0 Å². The van der Waals surface area contributed by atoms with Gasteiger partial charge in [-0.3, -0.25) is 0 Å². The zero-order valence-electron chi connectivity index (χ0n) is 40.2. The first-order chi connectivity index (χ1) is 34.4. The van der Waals surface area contributed by atoms with Crippen LogP contribution in [0.4, 0.5) is 26.3 Å². The monoisotopic (exact) mass is 957 g/mol. The van der Waals surface area contributed by atoms with Gasteiger partial charge < -0.3 is 9.13 Å². The Bertz CT molecular complexity index is 4020. The molecule has 0 radical (unpaired) electrons. The normalized spacial score (nSPS) is 12.2. The number of nitriles is 1. The zero-order valence-corrected chi connectivity index (χ0v) is 40.2. The summed E-state index contributed by atoms with van der Waals surface area (Å²) in [6, 6.07) is 51.9. The molecule has 0 aliphatic rings. The van der Waals surface area contributed by atoms with Crippen LogP contribution in [0.1, 0.15) is 50.1 Å². The number of aryl methyl sites for hydroxylation is 6. The van der Waals surface area contributed by atoms with Crippen LogP contribution in [0.3, 0.4) is 0 Å². The second-order valence-electron chi connectivity index (χ2n) is 19.1. The summed E-state index contributed by atoms with van der Waals surface area (Å²) in [6.45, 7) is 12.6. The van der Waals surface area contributed by atoms with E-state index < -0.39 is 23.5 Å². The number of rotatable bonds is 6. The molecule has 0 aliphatic carbocycles. The van der Waals surface area contributed by atoms with Crippen molar-refractivity contribution in [2.24, 2.45) is 0 Å². The summed E-state index contributed by atoms with van der Waals surface area (Å²) in [5, 5.41) is 14.8. The van der Waals surface area contributed by atoms with Gasteiger partial charge in [0.25, 0.3) is 0 Å². The van der Waals surface area contributed by atoms with E-state index in [2.05, 4.69) is 123 Å². The van der Waals surface area contributed by atoms with E-state index in [9.17, 15) is 31.6 Å². The Morgan fingerprint density at radius 2 is 0.847 bits per heavy atom. The molecule has 0 spiro atoms.